The Morgan fingerprint density at radius 1 is 1.33 bits per heavy atom. The highest BCUT2D eigenvalue weighted by atomic mass is 16.2. The first-order chi connectivity index (χ1) is 8.74. The highest BCUT2D eigenvalue weighted by Gasteiger charge is 2.24. The fourth-order valence-corrected chi connectivity index (χ4v) is 2.33. The minimum atomic E-state index is 0.197. The van der Waals surface area contributed by atoms with Crippen molar-refractivity contribution >= 4 is 16.8 Å². The molecule has 94 valence electrons. The second kappa shape index (κ2) is 4.48. The fourth-order valence-electron chi connectivity index (χ4n) is 2.33. The number of likely N-dealkylation sites (N-methyl/N-ethyl adjacent to an activating group) is 1. The van der Waals surface area contributed by atoms with E-state index in [1.54, 1.807) is 0 Å². The van der Waals surface area contributed by atoms with Crippen molar-refractivity contribution in [3.05, 3.63) is 36.5 Å². The summed E-state index contributed by atoms with van der Waals surface area (Å²) in [7, 11) is 1.91. The summed E-state index contributed by atoms with van der Waals surface area (Å²) < 4.78 is 2.03. The van der Waals surface area contributed by atoms with Crippen LogP contribution in [0.5, 0.6) is 0 Å². The molecule has 0 bridgehead atoms. The van der Waals surface area contributed by atoms with Crippen molar-refractivity contribution in [1.82, 2.24) is 9.47 Å². The molecule has 2 aromatic rings. The van der Waals surface area contributed by atoms with Crippen molar-refractivity contribution in [1.29, 1.82) is 0 Å². The van der Waals surface area contributed by atoms with E-state index >= 15 is 0 Å². The summed E-state index contributed by atoms with van der Waals surface area (Å²) in [5.41, 5.74) is 1.13. The van der Waals surface area contributed by atoms with Crippen LogP contribution >= 0.6 is 0 Å². The Hall–Kier alpha value is -1.77. The maximum Gasteiger partial charge on any atom is 0.242 e. The fraction of sp³-hybridized carbons (Fsp3) is 0.400. The van der Waals surface area contributed by atoms with Gasteiger partial charge in [0.15, 0.2) is 0 Å². The molecule has 0 saturated heterocycles. The lowest BCUT2D eigenvalue weighted by molar-refractivity contribution is -0.130. The van der Waals surface area contributed by atoms with Crippen LogP contribution in [0.15, 0.2) is 36.5 Å². The van der Waals surface area contributed by atoms with E-state index in [0.29, 0.717) is 6.54 Å². The van der Waals surface area contributed by atoms with Crippen LogP contribution in [0.3, 0.4) is 0 Å². The van der Waals surface area contributed by atoms with E-state index in [0.717, 1.165) is 18.0 Å². The lowest BCUT2D eigenvalue weighted by Crippen LogP contribution is -2.31. The molecule has 1 saturated carbocycles. The summed E-state index contributed by atoms with van der Waals surface area (Å²) in [6, 6.07) is 10.2. The molecule has 0 unspecified atom stereocenters. The predicted molar refractivity (Wildman–Crippen MR) is 72.3 cm³/mol. The number of fused-ring (bicyclic) bond motifs is 1. The number of carbonyl (C=O) groups is 1. The normalized spacial score (nSPS) is 14.9. The molecule has 1 aliphatic carbocycles. The standard InChI is InChI=1S/C15H18N2O/c1-16(10-12-6-7-12)15(18)11-17-9-8-13-4-2-3-5-14(13)17/h2-5,8-9,12H,6-7,10-11H2,1H3. The summed E-state index contributed by atoms with van der Waals surface area (Å²) in [6.07, 6.45) is 4.56. The molecule has 1 aliphatic rings. The van der Waals surface area contributed by atoms with Crippen molar-refractivity contribution in [2.24, 2.45) is 5.92 Å². The summed E-state index contributed by atoms with van der Waals surface area (Å²) in [5, 5.41) is 1.19. The largest absolute Gasteiger partial charge is 0.344 e. The monoisotopic (exact) mass is 242 g/mol. The third-order valence-corrected chi connectivity index (χ3v) is 3.64. The topological polar surface area (TPSA) is 25.2 Å². The molecule has 3 rings (SSSR count). The number of rotatable bonds is 4. The molecule has 0 aliphatic heterocycles. The van der Waals surface area contributed by atoms with Crippen molar-refractivity contribution in [2.75, 3.05) is 13.6 Å². The van der Waals surface area contributed by atoms with Crippen LogP contribution in [0.4, 0.5) is 0 Å². The van der Waals surface area contributed by atoms with Crippen molar-refractivity contribution in [2.45, 2.75) is 19.4 Å². The van der Waals surface area contributed by atoms with Gasteiger partial charge in [-0.3, -0.25) is 4.79 Å². The van der Waals surface area contributed by atoms with E-state index < -0.39 is 0 Å². The van der Waals surface area contributed by atoms with E-state index in [2.05, 4.69) is 18.2 Å². The number of aromatic nitrogens is 1. The summed E-state index contributed by atoms with van der Waals surface area (Å²) >= 11 is 0. The molecule has 3 nitrogen and oxygen atoms in total. The molecular weight excluding hydrogens is 224 g/mol. The highest BCUT2D eigenvalue weighted by molar-refractivity contribution is 5.83. The maximum atomic E-state index is 12.1. The van der Waals surface area contributed by atoms with Gasteiger partial charge in [-0.15, -0.1) is 0 Å². The van der Waals surface area contributed by atoms with Gasteiger partial charge in [-0.2, -0.15) is 0 Å². The van der Waals surface area contributed by atoms with Gasteiger partial charge >= 0.3 is 0 Å². The van der Waals surface area contributed by atoms with Crippen LogP contribution in [-0.4, -0.2) is 29.0 Å². The van der Waals surface area contributed by atoms with E-state index in [9.17, 15) is 4.79 Å². The summed E-state index contributed by atoms with van der Waals surface area (Å²) in [6.45, 7) is 1.36. The Balaban J connectivity index is 1.73. The van der Waals surface area contributed by atoms with Gasteiger partial charge in [-0.25, -0.2) is 0 Å². The number of hydrogen-bond acceptors (Lipinski definition) is 1. The minimum absolute atomic E-state index is 0.197. The minimum Gasteiger partial charge on any atom is -0.344 e. The van der Waals surface area contributed by atoms with E-state index in [1.165, 1.54) is 18.2 Å². The number of hydrogen-bond donors (Lipinski definition) is 0. The molecule has 1 fully saturated rings. The second-order valence-corrected chi connectivity index (χ2v) is 5.22. The zero-order chi connectivity index (χ0) is 12.5. The first-order valence-electron chi connectivity index (χ1n) is 6.52. The number of carbonyl (C=O) groups excluding carboxylic acids is 1. The molecule has 18 heavy (non-hydrogen) atoms. The van der Waals surface area contributed by atoms with Gasteiger partial charge < -0.3 is 9.47 Å². The lowest BCUT2D eigenvalue weighted by Gasteiger charge is -2.17. The van der Waals surface area contributed by atoms with Gasteiger partial charge in [0.25, 0.3) is 0 Å². The molecule has 0 spiro atoms. The molecule has 0 atom stereocenters. The van der Waals surface area contributed by atoms with Gasteiger partial charge in [-0.05, 0) is 36.3 Å². The smallest absolute Gasteiger partial charge is 0.242 e. The maximum absolute atomic E-state index is 12.1. The van der Waals surface area contributed by atoms with Gasteiger partial charge in [0.1, 0.15) is 6.54 Å². The SMILES string of the molecule is CN(CC1CC1)C(=O)Cn1ccc2ccccc21. The number of para-hydroxylation sites is 1. The number of nitrogens with zero attached hydrogens (tertiary/aromatic N) is 2. The van der Waals surface area contributed by atoms with Gasteiger partial charge in [0.2, 0.25) is 5.91 Å². The molecule has 3 heteroatoms. The molecule has 1 aromatic heterocycles. The second-order valence-electron chi connectivity index (χ2n) is 5.22. The third kappa shape index (κ3) is 2.26. The Labute approximate surface area is 107 Å². The summed E-state index contributed by atoms with van der Waals surface area (Å²) in [5.74, 6) is 0.948. The van der Waals surface area contributed by atoms with Crippen LogP contribution in [0, 0.1) is 5.92 Å². The van der Waals surface area contributed by atoms with Crippen molar-refractivity contribution < 1.29 is 4.79 Å². The number of benzene rings is 1. The van der Waals surface area contributed by atoms with Crippen LogP contribution in [0.1, 0.15) is 12.8 Å². The van der Waals surface area contributed by atoms with Gasteiger partial charge in [0.05, 0.1) is 0 Å². The molecule has 0 radical (unpaired) electrons. The Bertz CT molecular complexity index is 569. The van der Waals surface area contributed by atoms with E-state index in [-0.39, 0.29) is 5.91 Å². The number of amides is 1. The average Bonchev–Trinajstić information content (AvgIpc) is 3.10. The van der Waals surface area contributed by atoms with E-state index in [1.807, 2.05) is 34.8 Å². The molecule has 1 amide bonds. The average molecular weight is 242 g/mol. The first kappa shape index (κ1) is 11.3. The van der Waals surface area contributed by atoms with Crippen molar-refractivity contribution in [3.63, 3.8) is 0 Å². The third-order valence-electron chi connectivity index (χ3n) is 3.64. The zero-order valence-electron chi connectivity index (χ0n) is 10.7. The first-order valence-corrected chi connectivity index (χ1v) is 6.52. The van der Waals surface area contributed by atoms with Crippen LogP contribution in [0.25, 0.3) is 10.9 Å². The van der Waals surface area contributed by atoms with E-state index in [4.69, 9.17) is 0 Å². The Morgan fingerprint density at radius 3 is 2.89 bits per heavy atom. The zero-order valence-corrected chi connectivity index (χ0v) is 10.7. The van der Waals surface area contributed by atoms with Gasteiger partial charge in [0, 0.05) is 25.3 Å². The molecule has 0 N–H and O–H groups in total. The predicted octanol–water partition coefficient (Wildman–Crippen LogP) is 2.51. The highest BCUT2D eigenvalue weighted by Crippen LogP contribution is 2.29. The van der Waals surface area contributed by atoms with Crippen LogP contribution < -0.4 is 0 Å². The van der Waals surface area contributed by atoms with Gasteiger partial charge in [-0.1, -0.05) is 18.2 Å². The van der Waals surface area contributed by atoms with Crippen molar-refractivity contribution in [3.8, 4) is 0 Å². The van der Waals surface area contributed by atoms with Crippen LogP contribution in [0.2, 0.25) is 0 Å². The molecule has 1 heterocycles. The molecular formula is C15H18N2O. The Morgan fingerprint density at radius 2 is 2.11 bits per heavy atom. The lowest BCUT2D eigenvalue weighted by atomic mass is 10.2. The summed E-state index contributed by atoms with van der Waals surface area (Å²) in [4.78, 5) is 14.0. The van der Waals surface area contributed by atoms with Crippen LogP contribution in [-0.2, 0) is 11.3 Å². The Kier molecular flexibility index (Phi) is 2.82. The quantitative estimate of drug-likeness (QED) is 0.808. The molecule has 1 aromatic carbocycles.